The van der Waals surface area contributed by atoms with Crippen molar-refractivity contribution in [3.63, 3.8) is 0 Å². The van der Waals surface area contributed by atoms with Crippen molar-refractivity contribution in [3.8, 4) is 17.2 Å². The molecule has 1 amide bonds. The molecule has 0 aromatic heterocycles. The maximum Gasteiger partial charge on any atom is 0.343 e. The second-order valence-corrected chi connectivity index (χ2v) is 6.64. The zero-order valence-corrected chi connectivity index (χ0v) is 17.3. The maximum atomic E-state index is 12.2. The lowest BCUT2D eigenvalue weighted by atomic mass is 10.2. The molecule has 0 aliphatic heterocycles. The molecule has 0 spiro atoms. The number of carbonyl (C=O) groups is 2. The first-order chi connectivity index (χ1) is 15.0. The highest BCUT2D eigenvalue weighted by Gasteiger charge is 2.09. The van der Waals surface area contributed by atoms with Gasteiger partial charge in [0.15, 0.2) is 18.1 Å². The molecular formula is C23H19ClN2O5. The molecule has 0 heterocycles. The average Bonchev–Trinajstić information content (AvgIpc) is 2.78. The molecule has 3 rings (SSSR count). The molecule has 3 aromatic carbocycles. The van der Waals surface area contributed by atoms with Gasteiger partial charge in [-0.15, -0.1) is 0 Å². The Morgan fingerprint density at radius 1 is 1.00 bits per heavy atom. The lowest BCUT2D eigenvalue weighted by Crippen LogP contribution is -2.24. The molecule has 8 heteroatoms. The summed E-state index contributed by atoms with van der Waals surface area (Å²) in [6.45, 7) is -0.226. The molecule has 0 bridgehead atoms. The third-order valence-electron chi connectivity index (χ3n) is 3.98. The second kappa shape index (κ2) is 10.8. The Balaban J connectivity index is 1.52. The van der Waals surface area contributed by atoms with Gasteiger partial charge in [-0.05, 0) is 54.1 Å². The molecule has 0 saturated carbocycles. The predicted octanol–water partition coefficient (Wildman–Crippen LogP) is 4.10. The average molecular weight is 439 g/mol. The largest absolute Gasteiger partial charge is 0.493 e. The van der Waals surface area contributed by atoms with Gasteiger partial charge in [-0.2, -0.15) is 5.10 Å². The molecule has 0 radical (unpaired) electrons. The minimum absolute atomic E-state index is 0.226. The van der Waals surface area contributed by atoms with Gasteiger partial charge in [0, 0.05) is 5.02 Å². The van der Waals surface area contributed by atoms with Crippen molar-refractivity contribution >= 4 is 29.7 Å². The first-order valence-corrected chi connectivity index (χ1v) is 9.58. The molecule has 158 valence electrons. The van der Waals surface area contributed by atoms with Crippen LogP contribution in [0, 0.1) is 0 Å². The molecule has 0 aliphatic rings. The van der Waals surface area contributed by atoms with Gasteiger partial charge >= 0.3 is 5.97 Å². The molecule has 31 heavy (non-hydrogen) atoms. The Kier molecular flexibility index (Phi) is 7.61. The van der Waals surface area contributed by atoms with Gasteiger partial charge < -0.3 is 14.2 Å². The predicted molar refractivity (Wildman–Crippen MR) is 117 cm³/mol. The highest BCUT2D eigenvalue weighted by molar-refractivity contribution is 6.30. The van der Waals surface area contributed by atoms with Crippen LogP contribution in [0.15, 0.2) is 77.9 Å². The van der Waals surface area contributed by atoms with E-state index in [0.29, 0.717) is 33.4 Å². The fourth-order valence-corrected chi connectivity index (χ4v) is 2.63. The molecule has 7 nitrogen and oxygen atoms in total. The number of rotatable bonds is 8. The van der Waals surface area contributed by atoms with Crippen LogP contribution in [0.25, 0.3) is 0 Å². The highest BCUT2D eigenvalue weighted by Crippen LogP contribution is 2.25. The van der Waals surface area contributed by atoms with Crippen molar-refractivity contribution < 1.29 is 23.8 Å². The number of methoxy groups -OCH3 is 1. The summed E-state index contributed by atoms with van der Waals surface area (Å²) in [6, 6.07) is 20.1. The number of ether oxygens (including phenoxy) is 3. The molecule has 0 unspecified atom stereocenters. The molecule has 0 aliphatic carbocycles. The smallest absolute Gasteiger partial charge is 0.343 e. The fraction of sp³-hybridized carbons (Fsp3) is 0.0870. The Morgan fingerprint density at radius 3 is 2.48 bits per heavy atom. The number of hydrazone groups is 1. The quantitative estimate of drug-likeness (QED) is 0.248. The summed E-state index contributed by atoms with van der Waals surface area (Å²) in [5, 5.41) is 4.43. The lowest BCUT2D eigenvalue weighted by molar-refractivity contribution is -0.123. The molecule has 1 N–H and O–H groups in total. The van der Waals surface area contributed by atoms with Crippen molar-refractivity contribution in [1.82, 2.24) is 5.43 Å². The van der Waals surface area contributed by atoms with E-state index in [1.165, 1.54) is 13.3 Å². The molecule has 0 atom stereocenters. The van der Waals surface area contributed by atoms with E-state index in [2.05, 4.69) is 10.5 Å². The second-order valence-electron chi connectivity index (χ2n) is 6.20. The van der Waals surface area contributed by atoms with Crippen molar-refractivity contribution in [2.24, 2.45) is 5.10 Å². The zero-order valence-electron chi connectivity index (χ0n) is 16.6. The van der Waals surface area contributed by atoms with Crippen LogP contribution in [-0.4, -0.2) is 31.8 Å². The number of carbonyl (C=O) groups excluding carboxylic acids is 2. The number of nitrogens with zero attached hydrogens (tertiary/aromatic N) is 1. The summed E-state index contributed by atoms with van der Waals surface area (Å²) in [5.74, 6) is 0.387. The first kappa shape index (κ1) is 21.9. The van der Waals surface area contributed by atoms with Gasteiger partial charge in [0.2, 0.25) is 0 Å². The third kappa shape index (κ3) is 6.58. The van der Waals surface area contributed by atoms with Gasteiger partial charge in [-0.1, -0.05) is 35.9 Å². The van der Waals surface area contributed by atoms with E-state index in [4.69, 9.17) is 25.8 Å². The van der Waals surface area contributed by atoms with E-state index in [0.717, 1.165) is 0 Å². The summed E-state index contributed by atoms with van der Waals surface area (Å²) in [5.41, 5.74) is 3.39. The molecular weight excluding hydrogens is 420 g/mol. The Bertz CT molecular complexity index is 1080. The van der Waals surface area contributed by atoms with Crippen molar-refractivity contribution in [3.05, 3.63) is 88.9 Å². The summed E-state index contributed by atoms with van der Waals surface area (Å²) in [4.78, 5) is 24.1. The highest BCUT2D eigenvalue weighted by atomic mass is 35.5. The number of amides is 1. The number of hydrogen-bond acceptors (Lipinski definition) is 6. The minimum Gasteiger partial charge on any atom is -0.493 e. The SMILES string of the molecule is COc1ccccc1OCC(=O)N/N=C\c1cccc(OC(=O)c2ccc(Cl)cc2)c1. The Labute approximate surface area is 184 Å². The number of nitrogens with one attached hydrogen (secondary N) is 1. The number of esters is 1. The number of benzene rings is 3. The van der Waals surface area contributed by atoms with Gasteiger partial charge in [-0.25, -0.2) is 10.2 Å². The maximum absolute atomic E-state index is 12.2. The summed E-state index contributed by atoms with van der Waals surface area (Å²) >= 11 is 5.82. The Morgan fingerprint density at radius 2 is 1.74 bits per heavy atom. The van der Waals surface area contributed by atoms with Crippen LogP contribution < -0.4 is 19.6 Å². The third-order valence-corrected chi connectivity index (χ3v) is 4.23. The normalized spacial score (nSPS) is 10.5. The number of hydrogen-bond donors (Lipinski definition) is 1. The minimum atomic E-state index is -0.507. The first-order valence-electron chi connectivity index (χ1n) is 9.20. The number of halogens is 1. The van der Waals surface area contributed by atoms with Crippen LogP contribution in [0.4, 0.5) is 0 Å². The standard InChI is InChI=1S/C23H19ClN2O5/c1-29-20-7-2-3-8-21(20)30-15-22(27)26-25-14-16-5-4-6-19(13-16)31-23(28)17-9-11-18(24)12-10-17/h2-14H,15H2,1H3,(H,26,27)/b25-14-. The monoisotopic (exact) mass is 438 g/mol. The van der Waals surface area contributed by atoms with E-state index >= 15 is 0 Å². The van der Waals surface area contributed by atoms with Gasteiger partial charge in [-0.3, -0.25) is 4.79 Å². The fourth-order valence-electron chi connectivity index (χ4n) is 2.50. The van der Waals surface area contributed by atoms with Gasteiger partial charge in [0.1, 0.15) is 5.75 Å². The number of para-hydroxylation sites is 2. The van der Waals surface area contributed by atoms with Gasteiger partial charge in [0.25, 0.3) is 5.91 Å². The van der Waals surface area contributed by atoms with Crippen molar-refractivity contribution in [1.29, 1.82) is 0 Å². The van der Waals surface area contributed by atoms with Crippen LogP contribution >= 0.6 is 11.6 Å². The van der Waals surface area contributed by atoms with E-state index in [9.17, 15) is 9.59 Å². The van der Waals surface area contributed by atoms with Crippen LogP contribution in [0.2, 0.25) is 5.02 Å². The zero-order chi connectivity index (χ0) is 22.1. The Hall–Kier alpha value is -3.84. The van der Waals surface area contributed by atoms with Crippen LogP contribution in [0.5, 0.6) is 17.2 Å². The molecule has 3 aromatic rings. The van der Waals surface area contributed by atoms with Crippen molar-refractivity contribution in [2.45, 2.75) is 0 Å². The summed E-state index contributed by atoms with van der Waals surface area (Å²) < 4.78 is 15.9. The van der Waals surface area contributed by atoms with Crippen LogP contribution in [0.1, 0.15) is 15.9 Å². The van der Waals surface area contributed by atoms with E-state index in [1.54, 1.807) is 72.8 Å². The summed E-state index contributed by atoms with van der Waals surface area (Å²) in [6.07, 6.45) is 1.43. The molecule has 0 saturated heterocycles. The van der Waals surface area contributed by atoms with E-state index in [1.807, 2.05) is 0 Å². The topological polar surface area (TPSA) is 86.2 Å². The molecule has 0 fully saturated rings. The van der Waals surface area contributed by atoms with Gasteiger partial charge in [0.05, 0.1) is 18.9 Å². The lowest BCUT2D eigenvalue weighted by Gasteiger charge is -2.09. The van der Waals surface area contributed by atoms with E-state index in [-0.39, 0.29) is 6.61 Å². The van der Waals surface area contributed by atoms with Crippen LogP contribution in [0.3, 0.4) is 0 Å². The van der Waals surface area contributed by atoms with E-state index < -0.39 is 11.9 Å². The van der Waals surface area contributed by atoms with Crippen LogP contribution in [-0.2, 0) is 4.79 Å². The van der Waals surface area contributed by atoms with Crippen molar-refractivity contribution in [2.75, 3.05) is 13.7 Å². The summed E-state index contributed by atoms with van der Waals surface area (Å²) in [7, 11) is 1.52.